The van der Waals surface area contributed by atoms with Crippen LogP contribution in [0.25, 0.3) is 0 Å². The highest BCUT2D eigenvalue weighted by atomic mass is 32.2. The van der Waals surface area contributed by atoms with Gasteiger partial charge in [-0.15, -0.1) is 0 Å². The predicted molar refractivity (Wildman–Crippen MR) is 63.3 cm³/mol. The molecule has 0 bridgehead atoms. The van der Waals surface area contributed by atoms with Gasteiger partial charge in [0.1, 0.15) is 6.04 Å². The molecule has 2 N–H and O–H groups in total. The second-order valence-corrected chi connectivity index (χ2v) is 5.74. The number of nitrogens with two attached hydrogens (primary N) is 1. The van der Waals surface area contributed by atoms with Crippen LogP contribution in [0.1, 0.15) is 19.3 Å². The van der Waals surface area contributed by atoms with Crippen LogP contribution in [0.4, 0.5) is 0 Å². The molecular weight excluding hydrogens is 226 g/mol. The van der Waals surface area contributed by atoms with Crippen molar-refractivity contribution in [1.29, 1.82) is 0 Å². The van der Waals surface area contributed by atoms with E-state index in [0.29, 0.717) is 0 Å². The molecule has 0 radical (unpaired) electrons. The van der Waals surface area contributed by atoms with Gasteiger partial charge in [0, 0.05) is 12.4 Å². The predicted octanol–water partition coefficient (Wildman–Crippen LogP) is 0.789. The normalized spacial score (nSPS) is 36.2. The summed E-state index contributed by atoms with van der Waals surface area (Å²) in [5.41, 5.74) is 5.90. The van der Waals surface area contributed by atoms with Crippen LogP contribution >= 0.6 is 11.8 Å². The lowest BCUT2D eigenvalue weighted by Crippen LogP contribution is -2.48. The zero-order valence-electron chi connectivity index (χ0n) is 9.61. The van der Waals surface area contributed by atoms with Gasteiger partial charge in [0.05, 0.1) is 12.7 Å². The van der Waals surface area contributed by atoms with E-state index in [1.165, 1.54) is 7.11 Å². The Bertz CT molecular complexity index is 266. The molecule has 3 unspecified atom stereocenters. The van der Waals surface area contributed by atoms with Gasteiger partial charge in [0.25, 0.3) is 0 Å². The third kappa shape index (κ3) is 2.36. The van der Waals surface area contributed by atoms with E-state index < -0.39 is 6.04 Å². The van der Waals surface area contributed by atoms with E-state index in [1.54, 1.807) is 0 Å². The molecule has 5 heteroatoms. The average Bonchev–Trinajstić information content (AvgIpc) is 2.75. The van der Waals surface area contributed by atoms with E-state index in [-0.39, 0.29) is 17.5 Å². The van der Waals surface area contributed by atoms with Crippen molar-refractivity contribution in [2.75, 3.05) is 25.2 Å². The van der Waals surface area contributed by atoms with Crippen LogP contribution in [-0.4, -0.2) is 42.8 Å². The Hall–Kier alpha value is -0.260. The topological polar surface area (TPSA) is 61.5 Å². The number of methoxy groups -OCH3 is 1. The molecule has 2 fully saturated rings. The molecule has 4 nitrogen and oxygen atoms in total. The largest absolute Gasteiger partial charge is 0.468 e. The fraction of sp³-hybridized carbons (Fsp3) is 0.909. The number of ether oxygens (including phenoxy) is 2. The van der Waals surface area contributed by atoms with E-state index in [1.807, 2.05) is 11.8 Å². The third-order valence-electron chi connectivity index (χ3n) is 3.58. The number of esters is 1. The lowest BCUT2D eigenvalue weighted by atomic mass is 9.81. The Morgan fingerprint density at radius 1 is 1.69 bits per heavy atom. The van der Waals surface area contributed by atoms with Crippen molar-refractivity contribution in [1.82, 2.24) is 0 Å². The Morgan fingerprint density at radius 2 is 2.50 bits per heavy atom. The SMILES string of the molecule is COC(=O)C(N)C1CCOC2(CCSC2)C1. The maximum Gasteiger partial charge on any atom is 0.322 e. The molecule has 2 saturated heterocycles. The van der Waals surface area contributed by atoms with Crippen LogP contribution in [0.3, 0.4) is 0 Å². The minimum absolute atomic E-state index is 0.0147. The summed E-state index contributed by atoms with van der Waals surface area (Å²) in [5.74, 6) is 2.10. The van der Waals surface area contributed by atoms with Crippen molar-refractivity contribution in [3.63, 3.8) is 0 Å². The van der Waals surface area contributed by atoms with E-state index in [9.17, 15) is 4.79 Å². The van der Waals surface area contributed by atoms with Crippen molar-refractivity contribution in [3.05, 3.63) is 0 Å². The van der Waals surface area contributed by atoms with Gasteiger partial charge >= 0.3 is 5.97 Å². The maximum absolute atomic E-state index is 11.4. The van der Waals surface area contributed by atoms with E-state index in [2.05, 4.69) is 0 Å². The van der Waals surface area contributed by atoms with Crippen LogP contribution in [0.2, 0.25) is 0 Å². The summed E-state index contributed by atoms with van der Waals surface area (Å²) < 4.78 is 10.6. The van der Waals surface area contributed by atoms with Gasteiger partial charge in [-0.3, -0.25) is 4.79 Å². The third-order valence-corrected chi connectivity index (χ3v) is 4.80. The molecule has 0 saturated carbocycles. The standard InChI is InChI=1S/C11H19NO3S/c1-14-10(13)9(12)8-2-4-15-11(6-8)3-5-16-7-11/h8-9H,2-7,12H2,1H3. The molecule has 16 heavy (non-hydrogen) atoms. The van der Waals surface area contributed by atoms with Crippen molar-refractivity contribution in [2.24, 2.45) is 11.7 Å². The number of thioether (sulfide) groups is 1. The molecule has 0 aliphatic carbocycles. The summed E-state index contributed by atoms with van der Waals surface area (Å²) in [6, 6.07) is -0.489. The molecule has 0 aromatic heterocycles. The van der Waals surface area contributed by atoms with E-state index in [4.69, 9.17) is 15.2 Å². The van der Waals surface area contributed by atoms with Gasteiger partial charge in [-0.25, -0.2) is 0 Å². The average molecular weight is 245 g/mol. The van der Waals surface area contributed by atoms with Gasteiger partial charge in [-0.1, -0.05) is 0 Å². The molecule has 2 heterocycles. The zero-order valence-corrected chi connectivity index (χ0v) is 10.4. The second-order valence-electron chi connectivity index (χ2n) is 4.64. The Morgan fingerprint density at radius 3 is 3.12 bits per heavy atom. The molecular formula is C11H19NO3S. The summed E-state index contributed by atoms with van der Waals surface area (Å²) in [6.07, 6.45) is 2.85. The summed E-state index contributed by atoms with van der Waals surface area (Å²) in [4.78, 5) is 11.4. The number of rotatable bonds is 2. The van der Waals surface area contributed by atoms with Crippen LogP contribution in [0, 0.1) is 5.92 Å². The first-order valence-corrected chi connectivity index (χ1v) is 6.87. The van der Waals surface area contributed by atoms with E-state index >= 15 is 0 Å². The van der Waals surface area contributed by atoms with Crippen molar-refractivity contribution in [3.8, 4) is 0 Å². The number of hydrogen-bond donors (Lipinski definition) is 1. The van der Waals surface area contributed by atoms with Crippen molar-refractivity contribution in [2.45, 2.75) is 30.9 Å². The molecule has 3 atom stereocenters. The fourth-order valence-electron chi connectivity index (χ4n) is 2.56. The summed E-state index contributed by atoms with van der Waals surface area (Å²) in [7, 11) is 1.39. The van der Waals surface area contributed by atoms with Crippen LogP contribution in [0.5, 0.6) is 0 Å². The summed E-state index contributed by atoms with van der Waals surface area (Å²) >= 11 is 1.93. The minimum Gasteiger partial charge on any atom is -0.468 e. The quantitative estimate of drug-likeness (QED) is 0.729. The Labute approximate surface area is 100 Å². The minimum atomic E-state index is -0.489. The van der Waals surface area contributed by atoms with Crippen molar-refractivity contribution < 1.29 is 14.3 Å². The Kier molecular flexibility index (Phi) is 3.77. The number of carbonyl (C=O) groups excluding carboxylic acids is 1. The second kappa shape index (κ2) is 4.94. The van der Waals surface area contributed by atoms with Crippen LogP contribution in [-0.2, 0) is 14.3 Å². The first-order chi connectivity index (χ1) is 7.67. The molecule has 1 spiro atoms. The monoisotopic (exact) mass is 245 g/mol. The molecule has 2 aliphatic rings. The smallest absolute Gasteiger partial charge is 0.322 e. The fourth-order valence-corrected chi connectivity index (χ4v) is 3.94. The van der Waals surface area contributed by atoms with Gasteiger partial charge < -0.3 is 15.2 Å². The van der Waals surface area contributed by atoms with Crippen molar-refractivity contribution >= 4 is 17.7 Å². The first-order valence-electron chi connectivity index (χ1n) is 5.72. The molecule has 2 aliphatic heterocycles. The highest BCUT2D eigenvalue weighted by Crippen LogP contribution is 2.41. The molecule has 0 amide bonds. The Balaban J connectivity index is 1.98. The molecule has 92 valence electrons. The summed E-state index contributed by atoms with van der Waals surface area (Å²) in [5, 5.41) is 0. The lowest BCUT2D eigenvalue weighted by molar-refractivity contribution is -0.146. The van der Waals surface area contributed by atoms with Gasteiger partial charge in [-0.2, -0.15) is 11.8 Å². The number of hydrogen-bond acceptors (Lipinski definition) is 5. The van der Waals surface area contributed by atoms with Gasteiger partial charge in [0.2, 0.25) is 0 Å². The van der Waals surface area contributed by atoms with Gasteiger partial charge in [0.15, 0.2) is 0 Å². The van der Waals surface area contributed by atoms with Crippen LogP contribution in [0.15, 0.2) is 0 Å². The number of carbonyl (C=O) groups is 1. The zero-order chi connectivity index (χ0) is 11.6. The maximum atomic E-state index is 11.4. The first kappa shape index (κ1) is 12.2. The molecule has 2 rings (SSSR count). The molecule has 0 aromatic rings. The van der Waals surface area contributed by atoms with E-state index in [0.717, 1.165) is 37.4 Å². The highest BCUT2D eigenvalue weighted by molar-refractivity contribution is 7.99. The van der Waals surface area contributed by atoms with Gasteiger partial charge in [-0.05, 0) is 30.9 Å². The lowest BCUT2D eigenvalue weighted by Gasteiger charge is -2.39. The molecule has 0 aromatic carbocycles. The highest BCUT2D eigenvalue weighted by Gasteiger charge is 2.43. The van der Waals surface area contributed by atoms with Crippen LogP contribution < -0.4 is 5.73 Å². The summed E-state index contributed by atoms with van der Waals surface area (Å²) in [6.45, 7) is 0.718.